The average molecular weight is 475 g/mol. The van der Waals surface area contributed by atoms with Crippen molar-refractivity contribution in [2.75, 3.05) is 18.5 Å². The number of anilines is 2. The molecule has 0 atom stereocenters. The van der Waals surface area contributed by atoms with Gasteiger partial charge in [0.05, 0.1) is 18.3 Å². The van der Waals surface area contributed by atoms with Gasteiger partial charge in [0.2, 0.25) is 0 Å². The molecule has 0 radical (unpaired) electrons. The van der Waals surface area contributed by atoms with E-state index >= 15 is 0 Å². The Morgan fingerprint density at radius 2 is 1.94 bits per heavy atom. The average Bonchev–Trinajstić information content (AvgIpc) is 3.23. The molecule has 3 heterocycles. The monoisotopic (exact) mass is 474 g/mol. The van der Waals surface area contributed by atoms with E-state index in [1.807, 2.05) is 42.0 Å². The van der Waals surface area contributed by atoms with Gasteiger partial charge in [-0.3, -0.25) is 4.79 Å². The first-order chi connectivity index (χ1) is 16.7. The van der Waals surface area contributed by atoms with Gasteiger partial charge < -0.3 is 25.0 Å². The summed E-state index contributed by atoms with van der Waals surface area (Å²) < 4.78 is 7.91. The number of hydrogen-bond donors (Lipinski definition) is 3. The van der Waals surface area contributed by atoms with E-state index in [-0.39, 0.29) is 17.9 Å². The number of carbonyl (C=O) groups excluding carboxylic acids is 1. The fraction of sp³-hybridized carbons (Fsp3) is 0.308. The lowest BCUT2D eigenvalue weighted by Gasteiger charge is -2.18. The highest BCUT2D eigenvalue weighted by atomic mass is 16.5. The third-order valence-electron chi connectivity index (χ3n) is 5.30. The molecule has 0 aliphatic rings. The fourth-order valence-electron chi connectivity index (χ4n) is 3.53. The molecule has 9 heteroatoms. The Morgan fingerprint density at radius 3 is 2.63 bits per heavy atom. The number of rotatable bonds is 8. The molecule has 35 heavy (non-hydrogen) atoms. The van der Waals surface area contributed by atoms with Crippen LogP contribution in [0.4, 0.5) is 11.5 Å². The van der Waals surface area contributed by atoms with Gasteiger partial charge in [-0.1, -0.05) is 20.8 Å². The van der Waals surface area contributed by atoms with Crippen LogP contribution in [-0.4, -0.2) is 43.7 Å². The van der Waals surface area contributed by atoms with Gasteiger partial charge in [-0.05, 0) is 54.3 Å². The standard InChI is InChI=1S/C26H30N6O3/c1-17-13-18(31-24-23-20(29-16-30-24)9-10-32(23)11-12-33)5-8-22(17)35-19-6-7-21(27-14-19)25(34)28-15-26(2,3)4/h5-10,13-14,16,33H,11-12,15H2,1-4H3,(H,28,34)(H,29,30,31). The zero-order valence-corrected chi connectivity index (χ0v) is 20.4. The number of pyridine rings is 1. The highest BCUT2D eigenvalue weighted by Crippen LogP contribution is 2.30. The molecular weight excluding hydrogens is 444 g/mol. The van der Waals surface area contributed by atoms with Crippen molar-refractivity contribution in [1.29, 1.82) is 0 Å². The van der Waals surface area contributed by atoms with Crippen LogP contribution >= 0.6 is 0 Å². The van der Waals surface area contributed by atoms with Crippen LogP contribution in [0.3, 0.4) is 0 Å². The number of amides is 1. The smallest absolute Gasteiger partial charge is 0.269 e. The normalized spacial score (nSPS) is 11.5. The van der Waals surface area contributed by atoms with Crippen LogP contribution in [0, 0.1) is 12.3 Å². The predicted molar refractivity (Wildman–Crippen MR) is 135 cm³/mol. The zero-order valence-electron chi connectivity index (χ0n) is 20.4. The summed E-state index contributed by atoms with van der Waals surface area (Å²) in [7, 11) is 0. The van der Waals surface area contributed by atoms with Crippen LogP contribution < -0.4 is 15.4 Å². The van der Waals surface area contributed by atoms with E-state index < -0.39 is 0 Å². The minimum absolute atomic E-state index is 0.000464. The van der Waals surface area contributed by atoms with Gasteiger partial charge in [0.15, 0.2) is 5.82 Å². The van der Waals surface area contributed by atoms with E-state index in [4.69, 9.17) is 4.74 Å². The van der Waals surface area contributed by atoms with Gasteiger partial charge in [-0.25, -0.2) is 15.0 Å². The number of nitrogens with zero attached hydrogens (tertiary/aromatic N) is 4. The second-order valence-electron chi connectivity index (χ2n) is 9.52. The number of aliphatic hydroxyl groups excluding tert-OH is 1. The summed E-state index contributed by atoms with van der Waals surface area (Å²) in [6.45, 7) is 9.19. The molecule has 182 valence electrons. The molecule has 4 aromatic rings. The topological polar surface area (TPSA) is 114 Å². The summed E-state index contributed by atoms with van der Waals surface area (Å²) >= 11 is 0. The second kappa shape index (κ2) is 10.1. The van der Waals surface area contributed by atoms with Crippen molar-refractivity contribution in [3.63, 3.8) is 0 Å². The van der Waals surface area contributed by atoms with Crippen molar-refractivity contribution < 1.29 is 14.6 Å². The van der Waals surface area contributed by atoms with E-state index in [1.165, 1.54) is 6.33 Å². The van der Waals surface area contributed by atoms with E-state index in [2.05, 4.69) is 46.4 Å². The van der Waals surface area contributed by atoms with Crippen molar-refractivity contribution in [2.24, 2.45) is 5.41 Å². The van der Waals surface area contributed by atoms with Crippen LogP contribution in [0.5, 0.6) is 11.5 Å². The lowest BCUT2D eigenvalue weighted by Crippen LogP contribution is -2.32. The Morgan fingerprint density at radius 1 is 1.11 bits per heavy atom. The molecule has 0 fully saturated rings. The number of benzene rings is 1. The molecule has 0 bridgehead atoms. The summed E-state index contributed by atoms with van der Waals surface area (Å²) in [6, 6.07) is 11.0. The van der Waals surface area contributed by atoms with Crippen LogP contribution in [0.15, 0.2) is 55.1 Å². The molecule has 0 aliphatic carbocycles. The van der Waals surface area contributed by atoms with E-state index in [9.17, 15) is 9.90 Å². The van der Waals surface area contributed by atoms with Crippen LogP contribution in [-0.2, 0) is 6.54 Å². The number of aryl methyl sites for hydroxylation is 1. The highest BCUT2D eigenvalue weighted by molar-refractivity contribution is 5.92. The number of ether oxygens (including phenoxy) is 1. The van der Waals surface area contributed by atoms with Gasteiger partial charge in [-0.15, -0.1) is 0 Å². The quantitative estimate of drug-likeness (QED) is 0.346. The Hall–Kier alpha value is -3.98. The van der Waals surface area contributed by atoms with Crippen molar-refractivity contribution in [3.05, 3.63) is 66.4 Å². The van der Waals surface area contributed by atoms with Gasteiger partial charge in [0.25, 0.3) is 5.91 Å². The lowest BCUT2D eigenvalue weighted by atomic mass is 9.97. The maximum Gasteiger partial charge on any atom is 0.269 e. The van der Waals surface area contributed by atoms with Crippen LogP contribution in [0.1, 0.15) is 36.8 Å². The van der Waals surface area contributed by atoms with Crippen molar-refractivity contribution in [1.82, 2.24) is 24.8 Å². The number of nitrogens with one attached hydrogen (secondary N) is 2. The van der Waals surface area contributed by atoms with Gasteiger partial charge in [0, 0.05) is 25.0 Å². The SMILES string of the molecule is Cc1cc(Nc2ncnc3ccn(CCO)c23)ccc1Oc1ccc(C(=O)NCC(C)(C)C)nc1. The summed E-state index contributed by atoms with van der Waals surface area (Å²) in [5.41, 5.74) is 3.74. The maximum absolute atomic E-state index is 12.3. The highest BCUT2D eigenvalue weighted by Gasteiger charge is 2.14. The third kappa shape index (κ3) is 5.93. The Kier molecular flexibility index (Phi) is 6.97. The van der Waals surface area contributed by atoms with E-state index in [1.54, 1.807) is 18.3 Å². The second-order valence-corrected chi connectivity index (χ2v) is 9.52. The number of aromatic nitrogens is 4. The third-order valence-corrected chi connectivity index (χ3v) is 5.30. The van der Waals surface area contributed by atoms with Crippen molar-refractivity contribution in [3.8, 4) is 11.5 Å². The maximum atomic E-state index is 12.3. The van der Waals surface area contributed by atoms with Crippen molar-refractivity contribution >= 4 is 28.4 Å². The predicted octanol–water partition coefficient (Wildman–Crippen LogP) is 4.44. The summed E-state index contributed by atoms with van der Waals surface area (Å²) in [5, 5.41) is 15.6. The molecule has 0 saturated carbocycles. The Balaban J connectivity index is 1.45. The van der Waals surface area contributed by atoms with Gasteiger partial charge >= 0.3 is 0 Å². The summed E-state index contributed by atoms with van der Waals surface area (Å²) in [5.74, 6) is 1.67. The number of fused-ring (bicyclic) bond motifs is 1. The minimum Gasteiger partial charge on any atom is -0.455 e. The molecular formula is C26H30N6O3. The first kappa shape index (κ1) is 24.2. The van der Waals surface area contributed by atoms with Gasteiger partial charge in [0.1, 0.15) is 29.0 Å². The zero-order chi connectivity index (χ0) is 25.0. The van der Waals surface area contributed by atoms with E-state index in [0.29, 0.717) is 36.1 Å². The molecule has 4 rings (SSSR count). The molecule has 3 N–H and O–H groups in total. The minimum atomic E-state index is -0.206. The van der Waals surface area contributed by atoms with Crippen LogP contribution in [0.2, 0.25) is 0 Å². The number of aliphatic hydroxyl groups is 1. The number of carbonyl (C=O) groups is 1. The van der Waals surface area contributed by atoms with Crippen LogP contribution in [0.25, 0.3) is 11.0 Å². The molecule has 0 aliphatic heterocycles. The van der Waals surface area contributed by atoms with Gasteiger partial charge in [-0.2, -0.15) is 0 Å². The molecule has 3 aromatic heterocycles. The number of hydrogen-bond acceptors (Lipinski definition) is 7. The molecule has 0 unspecified atom stereocenters. The lowest BCUT2D eigenvalue weighted by molar-refractivity contribution is 0.0934. The first-order valence-corrected chi connectivity index (χ1v) is 11.4. The molecule has 9 nitrogen and oxygen atoms in total. The summed E-state index contributed by atoms with van der Waals surface area (Å²) in [4.78, 5) is 25.2. The fourth-order valence-corrected chi connectivity index (χ4v) is 3.53. The molecule has 1 amide bonds. The molecule has 0 saturated heterocycles. The van der Waals surface area contributed by atoms with E-state index in [0.717, 1.165) is 22.3 Å². The molecule has 0 spiro atoms. The summed E-state index contributed by atoms with van der Waals surface area (Å²) in [6.07, 6.45) is 4.94. The Labute approximate surface area is 204 Å². The first-order valence-electron chi connectivity index (χ1n) is 11.4. The Bertz CT molecular complexity index is 1330. The largest absolute Gasteiger partial charge is 0.455 e. The van der Waals surface area contributed by atoms with Crippen molar-refractivity contribution in [2.45, 2.75) is 34.2 Å². The molecule has 1 aromatic carbocycles.